The first-order valence-corrected chi connectivity index (χ1v) is 9.23. The maximum Gasteiger partial charge on any atom is 0.264 e. The molecule has 0 aliphatic rings. The number of hydrogen-bond acceptors (Lipinski definition) is 3. The summed E-state index contributed by atoms with van der Waals surface area (Å²) >= 11 is 5.17. The molecule has 0 spiro atoms. The highest BCUT2D eigenvalue weighted by molar-refractivity contribution is 7.80. The van der Waals surface area contributed by atoms with Gasteiger partial charge in [0, 0.05) is 5.69 Å². The zero-order valence-corrected chi connectivity index (χ0v) is 16.6. The molecule has 0 bridgehead atoms. The normalized spacial score (nSPS) is 10.5. The van der Waals surface area contributed by atoms with Crippen molar-refractivity contribution in [2.75, 3.05) is 11.9 Å². The number of aryl methyl sites for hydroxylation is 2. The number of hydrogen-bond donors (Lipinski definition) is 2. The van der Waals surface area contributed by atoms with Crippen molar-refractivity contribution in [3.63, 3.8) is 0 Å². The molecule has 5 heteroatoms. The molecule has 0 unspecified atom stereocenters. The van der Waals surface area contributed by atoms with E-state index in [0.29, 0.717) is 11.7 Å². The first-order chi connectivity index (χ1) is 12.4. The molecule has 0 heterocycles. The molecule has 26 heavy (non-hydrogen) atoms. The van der Waals surface area contributed by atoms with Gasteiger partial charge in [0.1, 0.15) is 5.75 Å². The van der Waals surface area contributed by atoms with Gasteiger partial charge in [0.15, 0.2) is 11.7 Å². The molecule has 0 aromatic heterocycles. The predicted octanol–water partition coefficient (Wildman–Crippen LogP) is 4.57. The largest absolute Gasteiger partial charge is 0.484 e. The van der Waals surface area contributed by atoms with Crippen LogP contribution >= 0.6 is 12.2 Å². The van der Waals surface area contributed by atoms with E-state index in [0.717, 1.165) is 17.7 Å². The number of thiocarbonyl (C=S) groups is 1. The molecule has 1 amide bonds. The highest BCUT2D eigenvalue weighted by Crippen LogP contribution is 2.23. The molecule has 0 atom stereocenters. The Balaban J connectivity index is 1.82. The highest BCUT2D eigenvalue weighted by atomic mass is 32.1. The van der Waals surface area contributed by atoms with Crippen molar-refractivity contribution in [3.8, 4) is 5.75 Å². The molecule has 4 nitrogen and oxygen atoms in total. The second-order valence-electron chi connectivity index (χ2n) is 6.51. The fourth-order valence-corrected chi connectivity index (χ4v) is 2.92. The van der Waals surface area contributed by atoms with Crippen LogP contribution in [0.3, 0.4) is 0 Å². The number of rotatable bonds is 6. The number of ether oxygens (including phenoxy) is 1. The third-order valence-corrected chi connectivity index (χ3v) is 4.31. The van der Waals surface area contributed by atoms with Crippen LogP contribution in [0.4, 0.5) is 5.69 Å². The number of carbonyl (C=O) groups excluding carboxylic acids is 1. The van der Waals surface area contributed by atoms with E-state index >= 15 is 0 Å². The summed E-state index contributed by atoms with van der Waals surface area (Å²) in [6.45, 7) is 8.37. The van der Waals surface area contributed by atoms with Crippen molar-refractivity contribution in [3.05, 3.63) is 59.2 Å². The quantitative estimate of drug-likeness (QED) is 0.731. The number of anilines is 1. The van der Waals surface area contributed by atoms with Gasteiger partial charge in [-0.15, -0.1) is 0 Å². The molecule has 138 valence electrons. The van der Waals surface area contributed by atoms with E-state index in [1.165, 1.54) is 11.1 Å². The lowest BCUT2D eigenvalue weighted by Crippen LogP contribution is -2.37. The fourth-order valence-electron chi connectivity index (χ4n) is 2.68. The summed E-state index contributed by atoms with van der Waals surface area (Å²) in [6, 6.07) is 13.8. The fraction of sp³-hybridized carbons (Fsp3) is 0.333. The zero-order chi connectivity index (χ0) is 19.1. The minimum absolute atomic E-state index is 0.0863. The van der Waals surface area contributed by atoms with E-state index in [4.69, 9.17) is 17.0 Å². The monoisotopic (exact) mass is 370 g/mol. The van der Waals surface area contributed by atoms with Crippen LogP contribution in [0, 0.1) is 6.92 Å². The van der Waals surface area contributed by atoms with Gasteiger partial charge in [-0.25, -0.2) is 0 Å². The Hall–Kier alpha value is -2.40. The SMILES string of the molecule is CCc1ccc(NC(=S)NC(=O)COc2ccc(C(C)C)c(C)c2)cc1. The van der Waals surface area contributed by atoms with Crippen molar-refractivity contribution >= 4 is 28.9 Å². The number of benzene rings is 2. The van der Waals surface area contributed by atoms with Crippen molar-refractivity contribution in [1.82, 2.24) is 5.32 Å². The van der Waals surface area contributed by atoms with Crippen molar-refractivity contribution in [2.45, 2.75) is 40.0 Å². The molecule has 2 rings (SSSR count). The van der Waals surface area contributed by atoms with Gasteiger partial charge in [0.2, 0.25) is 0 Å². The van der Waals surface area contributed by atoms with Crippen LogP contribution < -0.4 is 15.4 Å². The molecule has 0 aliphatic carbocycles. The summed E-state index contributed by atoms with van der Waals surface area (Å²) in [4.78, 5) is 12.0. The Morgan fingerprint density at radius 2 is 1.85 bits per heavy atom. The highest BCUT2D eigenvalue weighted by Gasteiger charge is 2.08. The molecule has 0 saturated heterocycles. The smallest absolute Gasteiger partial charge is 0.264 e. The standard InChI is InChI=1S/C21H26N2O2S/c1-5-16-6-8-17(9-7-16)22-21(26)23-20(24)13-25-18-10-11-19(14(2)3)15(4)12-18/h6-12,14H,5,13H2,1-4H3,(H2,22,23,24,26). The minimum atomic E-state index is -0.293. The predicted molar refractivity (Wildman–Crippen MR) is 111 cm³/mol. The van der Waals surface area contributed by atoms with Crippen LogP contribution in [-0.4, -0.2) is 17.6 Å². The Morgan fingerprint density at radius 3 is 2.42 bits per heavy atom. The number of amides is 1. The molecule has 0 fully saturated rings. The lowest BCUT2D eigenvalue weighted by atomic mass is 9.98. The van der Waals surface area contributed by atoms with Gasteiger partial charge in [0.05, 0.1) is 0 Å². The molecule has 0 radical (unpaired) electrons. The molecule has 0 saturated carbocycles. The summed E-state index contributed by atoms with van der Waals surface area (Å²) in [7, 11) is 0. The van der Waals surface area contributed by atoms with Gasteiger partial charge in [-0.05, 0) is 72.4 Å². The van der Waals surface area contributed by atoms with Crippen LogP contribution in [0.5, 0.6) is 5.75 Å². The van der Waals surface area contributed by atoms with Crippen molar-refractivity contribution in [2.24, 2.45) is 0 Å². The van der Waals surface area contributed by atoms with Crippen molar-refractivity contribution < 1.29 is 9.53 Å². The summed E-state index contributed by atoms with van der Waals surface area (Å²) in [5.41, 5.74) is 4.53. The maximum atomic E-state index is 12.0. The minimum Gasteiger partial charge on any atom is -0.484 e. The van der Waals surface area contributed by atoms with E-state index in [9.17, 15) is 4.79 Å². The van der Waals surface area contributed by atoms with E-state index in [-0.39, 0.29) is 17.6 Å². The van der Waals surface area contributed by atoms with Crippen LogP contribution in [0.15, 0.2) is 42.5 Å². The summed E-state index contributed by atoms with van der Waals surface area (Å²) in [5, 5.41) is 5.88. The van der Waals surface area contributed by atoms with E-state index in [1.54, 1.807) is 0 Å². The third-order valence-electron chi connectivity index (χ3n) is 4.11. The molecule has 2 N–H and O–H groups in total. The van der Waals surface area contributed by atoms with E-state index in [1.807, 2.05) is 49.4 Å². The Morgan fingerprint density at radius 1 is 1.15 bits per heavy atom. The van der Waals surface area contributed by atoms with Gasteiger partial charge in [-0.2, -0.15) is 0 Å². The summed E-state index contributed by atoms with van der Waals surface area (Å²) in [5.74, 6) is 0.844. The second kappa shape index (κ2) is 9.34. The molecular formula is C21H26N2O2S. The van der Waals surface area contributed by atoms with Crippen LogP contribution in [0.2, 0.25) is 0 Å². The van der Waals surface area contributed by atoms with E-state index < -0.39 is 0 Å². The Bertz CT molecular complexity index is 770. The Labute approximate surface area is 161 Å². The third kappa shape index (κ3) is 5.85. The molecule has 0 aliphatic heterocycles. The van der Waals surface area contributed by atoms with Crippen molar-refractivity contribution in [1.29, 1.82) is 0 Å². The second-order valence-corrected chi connectivity index (χ2v) is 6.92. The lowest BCUT2D eigenvalue weighted by Gasteiger charge is -2.13. The number of carbonyl (C=O) groups is 1. The molecule has 2 aromatic rings. The van der Waals surface area contributed by atoms with Gasteiger partial charge >= 0.3 is 0 Å². The Kier molecular flexibility index (Phi) is 7.16. The first-order valence-electron chi connectivity index (χ1n) is 8.82. The zero-order valence-electron chi connectivity index (χ0n) is 15.8. The number of nitrogens with one attached hydrogen (secondary N) is 2. The summed E-state index contributed by atoms with van der Waals surface area (Å²) < 4.78 is 5.57. The lowest BCUT2D eigenvalue weighted by molar-refractivity contribution is -0.121. The molecular weight excluding hydrogens is 344 g/mol. The maximum absolute atomic E-state index is 12.0. The van der Waals surface area contributed by atoms with Gasteiger partial charge < -0.3 is 10.1 Å². The average molecular weight is 371 g/mol. The van der Waals surface area contributed by atoms with Crippen LogP contribution in [0.1, 0.15) is 43.4 Å². The van der Waals surface area contributed by atoms with Crippen LogP contribution in [-0.2, 0) is 11.2 Å². The van der Waals surface area contributed by atoms with Gasteiger partial charge in [-0.1, -0.05) is 39.0 Å². The summed E-state index contributed by atoms with van der Waals surface area (Å²) in [6.07, 6.45) is 0.983. The first kappa shape index (κ1) is 19.9. The topological polar surface area (TPSA) is 50.4 Å². The van der Waals surface area contributed by atoms with E-state index in [2.05, 4.69) is 31.4 Å². The van der Waals surface area contributed by atoms with Gasteiger partial charge in [-0.3, -0.25) is 10.1 Å². The average Bonchev–Trinajstić information content (AvgIpc) is 2.60. The van der Waals surface area contributed by atoms with Crippen LogP contribution in [0.25, 0.3) is 0 Å². The van der Waals surface area contributed by atoms with Gasteiger partial charge in [0.25, 0.3) is 5.91 Å². The molecule has 2 aromatic carbocycles.